The Morgan fingerprint density at radius 2 is 1.84 bits per heavy atom. The molecule has 0 fully saturated rings. The first-order chi connectivity index (χ1) is 11.8. The molecule has 0 spiro atoms. The Morgan fingerprint density at radius 1 is 1.12 bits per heavy atom. The number of hydrogen-bond acceptors (Lipinski definition) is 4. The molecule has 2 aromatic carbocycles. The van der Waals surface area contributed by atoms with Crippen LogP contribution in [0.25, 0.3) is 0 Å². The molecule has 2 aromatic rings. The van der Waals surface area contributed by atoms with Gasteiger partial charge in [-0.1, -0.05) is 24.6 Å². The van der Waals surface area contributed by atoms with Crippen LogP contribution >= 0.6 is 0 Å². The predicted octanol–water partition coefficient (Wildman–Crippen LogP) is 2.86. The molecule has 0 heterocycles. The average Bonchev–Trinajstić information content (AvgIpc) is 2.56. The van der Waals surface area contributed by atoms with Crippen LogP contribution in [0.2, 0.25) is 0 Å². The van der Waals surface area contributed by atoms with Gasteiger partial charge in [-0.2, -0.15) is 0 Å². The molecule has 2 N–H and O–H groups in total. The van der Waals surface area contributed by atoms with E-state index in [4.69, 9.17) is 4.74 Å². The summed E-state index contributed by atoms with van der Waals surface area (Å²) in [6, 6.07) is 10.0. The third-order valence-electron chi connectivity index (χ3n) is 3.68. The molecule has 134 valence electrons. The minimum atomic E-state index is -3.75. The Kier molecular flexibility index (Phi) is 5.81. The Hall–Kier alpha value is -2.38. The highest BCUT2D eigenvalue weighted by molar-refractivity contribution is 7.89. The summed E-state index contributed by atoms with van der Waals surface area (Å²) in [7, 11) is -2.37. The maximum Gasteiger partial charge on any atom is 0.255 e. The molecule has 0 aliphatic heterocycles. The van der Waals surface area contributed by atoms with Gasteiger partial charge in [-0.25, -0.2) is 13.1 Å². The Bertz CT molecular complexity index is 892. The first kappa shape index (κ1) is 19.0. The number of nitrogens with one attached hydrogen (secondary N) is 2. The molecule has 6 nitrogen and oxygen atoms in total. The minimum absolute atomic E-state index is 0.0647. The van der Waals surface area contributed by atoms with Gasteiger partial charge in [0, 0.05) is 17.8 Å². The second kappa shape index (κ2) is 7.67. The van der Waals surface area contributed by atoms with Crippen LogP contribution in [0, 0.1) is 13.8 Å². The number of sulfonamides is 1. The van der Waals surface area contributed by atoms with Crippen molar-refractivity contribution in [2.75, 3.05) is 19.0 Å². The molecule has 0 saturated carbocycles. The van der Waals surface area contributed by atoms with E-state index in [9.17, 15) is 13.2 Å². The lowest BCUT2D eigenvalue weighted by Gasteiger charge is -2.13. The number of anilines is 1. The average molecular weight is 362 g/mol. The van der Waals surface area contributed by atoms with Crippen LogP contribution in [0.5, 0.6) is 5.75 Å². The maximum absolute atomic E-state index is 12.5. The number of ether oxygens (including phenoxy) is 1. The van der Waals surface area contributed by atoms with Gasteiger partial charge >= 0.3 is 0 Å². The fraction of sp³-hybridized carbons (Fsp3) is 0.278. The summed E-state index contributed by atoms with van der Waals surface area (Å²) in [5.74, 6) is -0.202. The lowest BCUT2D eigenvalue weighted by molar-refractivity contribution is 0.102. The van der Waals surface area contributed by atoms with Crippen molar-refractivity contribution in [3.63, 3.8) is 0 Å². The molecule has 0 radical (unpaired) electrons. The number of rotatable bonds is 6. The second-order valence-corrected chi connectivity index (χ2v) is 7.37. The van der Waals surface area contributed by atoms with Crippen molar-refractivity contribution >= 4 is 21.6 Å². The fourth-order valence-corrected chi connectivity index (χ4v) is 3.68. The highest BCUT2D eigenvalue weighted by Gasteiger charge is 2.21. The normalized spacial score (nSPS) is 11.2. The molecule has 25 heavy (non-hydrogen) atoms. The highest BCUT2D eigenvalue weighted by atomic mass is 32.2. The van der Waals surface area contributed by atoms with E-state index >= 15 is 0 Å². The Labute approximate surface area is 148 Å². The summed E-state index contributed by atoms with van der Waals surface area (Å²) >= 11 is 0. The van der Waals surface area contributed by atoms with Gasteiger partial charge in [0.05, 0.1) is 7.11 Å². The predicted molar refractivity (Wildman–Crippen MR) is 97.7 cm³/mol. The standard InChI is InChI=1S/C18H22N2O4S/c1-5-19-25(22,23)17-11-14(7-9-16(17)24-4)18(21)20-15-8-6-12(2)10-13(15)3/h6-11,19H,5H2,1-4H3,(H,20,21). The van der Waals surface area contributed by atoms with Crippen molar-refractivity contribution in [1.29, 1.82) is 0 Å². The van der Waals surface area contributed by atoms with E-state index in [0.29, 0.717) is 5.69 Å². The molecule has 0 unspecified atom stereocenters. The van der Waals surface area contributed by atoms with Gasteiger partial charge in [0.1, 0.15) is 10.6 Å². The quantitative estimate of drug-likeness (QED) is 0.827. The number of carbonyl (C=O) groups excluding carboxylic acids is 1. The SMILES string of the molecule is CCNS(=O)(=O)c1cc(C(=O)Nc2ccc(C)cc2C)ccc1OC. The summed E-state index contributed by atoms with van der Waals surface area (Å²) < 4.78 is 32.1. The van der Waals surface area contributed by atoms with Crippen molar-refractivity contribution in [3.8, 4) is 5.75 Å². The molecule has 0 aliphatic carbocycles. The first-order valence-corrected chi connectivity index (χ1v) is 9.33. The minimum Gasteiger partial charge on any atom is -0.495 e. The van der Waals surface area contributed by atoms with Crippen LogP contribution in [0.1, 0.15) is 28.4 Å². The van der Waals surface area contributed by atoms with Crippen LogP contribution in [0.15, 0.2) is 41.3 Å². The number of methoxy groups -OCH3 is 1. The van der Waals surface area contributed by atoms with Crippen LogP contribution in [0.3, 0.4) is 0 Å². The Morgan fingerprint density at radius 3 is 2.44 bits per heavy atom. The third-order valence-corrected chi connectivity index (χ3v) is 5.25. The summed E-state index contributed by atoms with van der Waals surface area (Å²) in [6.45, 7) is 5.79. The first-order valence-electron chi connectivity index (χ1n) is 7.84. The van der Waals surface area contributed by atoms with E-state index in [2.05, 4.69) is 10.0 Å². The lowest BCUT2D eigenvalue weighted by Crippen LogP contribution is -2.24. The molecule has 1 amide bonds. The lowest BCUT2D eigenvalue weighted by atomic mass is 10.1. The summed E-state index contributed by atoms with van der Waals surface area (Å²) in [4.78, 5) is 12.5. The van der Waals surface area contributed by atoms with Gasteiger partial charge in [0.15, 0.2) is 0 Å². The zero-order chi connectivity index (χ0) is 18.6. The second-order valence-electron chi connectivity index (χ2n) is 5.64. The number of benzene rings is 2. The fourth-order valence-electron chi connectivity index (χ4n) is 2.44. The van der Waals surface area contributed by atoms with E-state index in [1.54, 1.807) is 6.92 Å². The molecular weight excluding hydrogens is 340 g/mol. The topological polar surface area (TPSA) is 84.5 Å². The van der Waals surface area contributed by atoms with Gasteiger partial charge in [-0.05, 0) is 43.7 Å². The highest BCUT2D eigenvalue weighted by Crippen LogP contribution is 2.25. The molecule has 0 saturated heterocycles. The van der Waals surface area contributed by atoms with Crippen molar-refractivity contribution in [2.24, 2.45) is 0 Å². The molecular formula is C18H22N2O4S. The van der Waals surface area contributed by atoms with Gasteiger partial charge < -0.3 is 10.1 Å². The van der Waals surface area contributed by atoms with Crippen molar-refractivity contribution in [3.05, 3.63) is 53.1 Å². The molecule has 0 atom stereocenters. The van der Waals surface area contributed by atoms with Gasteiger partial charge in [0.25, 0.3) is 5.91 Å². The Balaban J connectivity index is 2.37. The molecule has 0 aliphatic rings. The largest absolute Gasteiger partial charge is 0.495 e. The molecule has 7 heteroatoms. The van der Waals surface area contributed by atoms with Crippen molar-refractivity contribution < 1.29 is 17.9 Å². The van der Waals surface area contributed by atoms with Crippen LogP contribution in [0.4, 0.5) is 5.69 Å². The summed E-state index contributed by atoms with van der Waals surface area (Å²) in [5.41, 5.74) is 2.95. The van der Waals surface area contributed by atoms with Crippen LogP contribution in [-0.2, 0) is 10.0 Å². The van der Waals surface area contributed by atoms with Crippen molar-refractivity contribution in [2.45, 2.75) is 25.7 Å². The summed E-state index contributed by atoms with van der Waals surface area (Å²) in [6.07, 6.45) is 0. The number of carbonyl (C=O) groups is 1. The van der Waals surface area contributed by atoms with Gasteiger partial charge in [-0.3, -0.25) is 4.79 Å². The number of hydrogen-bond donors (Lipinski definition) is 2. The van der Waals surface area contributed by atoms with E-state index < -0.39 is 10.0 Å². The summed E-state index contributed by atoms with van der Waals surface area (Å²) in [5, 5.41) is 2.81. The van der Waals surface area contributed by atoms with Crippen LogP contribution < -0.4 is 14.8 Å². The van der Waals surface area contributed by atoms with E-state index in [1.165, 1.54) is 25.3 Å². The van der Waals surface area contributed by atoms with E-state index in [1.807, 2.05) is 32.0 Å². The van der Waals surface area contributed by atoms with Crippen molar-refractivity contribution in [1.82, 2.24) is 4.72 Å². The molecule has 2 rings (SSSR count). The smallest absolute Gasteiger partial charge is 0.255 e. The van der Waals surface area contributed by atoms with Gasteiger partial charge in [-0.15, -0.1) is 0 Å². The zero-order valence-corrected chi connectivity index (χ0v) is 15.5. The number of aryl methyl sites for hydroxylation is 2. The van der Waals surface area contributed by atoms with Crippen LogP contribution in [-0.4, -0.2) is 28.0 Å². The van der Waals surface area contributed by atoms with E-state index in [0.717, 1.165) is 11.1 Å². The monoisotopic (exact) mass is 362 g/mol. The van der Waals surface area contributed by atoms with E-state index in [-0.39, 0.29) is 28.7 Å². The number of amides is 1. The third kappa shape index (κ3) is 4.37. The zero-order valence-electron chi connectivity index (χ0n) is 14.7. The molecule has 0 aromatic heterocycles. The molecule has 0 bridgehead atoms. The maximum atomic E-state index is 12.5. The van der Waals surface area contributed by atoms with Gasteiger partial charge in [0.2, 0.25) is 10.0 Å².